The van der Waals surface area contributed by atoms with Crippen LogP contribution in [0.5, 0.6) is 5.75 Å². The highest BCUT2D eigenvalue weighted by atomic mass is 79.9. The molecule has 1 aromatic heterocycles. The van der Waals surface area contributed by atoms with Crippen molar-refractivity contribution in [1.82, 2.24) is 9.97 Å². The predicted molar refractivity (Wildman–Crippen MR) is 85.6 cm³/mol. The number of imidazole rings is 1. The van der Waals surface area contributed by atoms with Crippen molar-refractivity contribution >= 4 is 48.9 Å². The number of aromatic nitrogens is 2. The molecule has 3 rings (SSSR count). The van der Waals surface area contributed by atoms with Gasteiger partial charge in [-0.15, -0.1) is 0 Å². The van der Waals surface area contributed by atoms with Crippen molar-refractivity contribution in [2.24, 2.45) is 0 Å². The Labute approximate surface area is 135 Å². The molecule has 7 heteroatoms. The predicted octanol–water partition coefficient (Wildman–Crippen LogP) is 4.16. The summed E-state index contributed by atoms with van der Waals surface area (Å²) in [7, 11) is 0. The number of carboxylic acids is 1. The van der Waals surface area contributed by atoms with Crippen LogP contribution in [0.25, 0.3) is 22.4 Å². The number of carbonyl (C=O) groups is 1. The second-order valence-corrected chi connectivity index (χ2v) is 6.12. The smallest absolute Gasteiger partial charge is 0.335 e. The molecule has 1 heterocycles. The molecule has 0 saturated heterocycles. The van der Waals surface area contributed by atoms with E-state index in [9.17, 15) is 9.90 Å². The standard InChI is InChI=1S/C14H8Br2N2O3/c15-8-3-7(4-9(16)12(8)19)13-17-10-2-1-6(14(20)21)5-11(10)18-13/h1-5,19H,(H,17,18)(H,20,21). The third-order valence-corrected chi connectivity index (χ3v) is 4.23. The third-order valence-electron chi connectivity index (χ3n) is 3.02. The van der Waals surface area contributed by atoms with Crippen LogP contribution in [0.2, 0.25) is 0 Å². The third kappa shape index (κ3) is 2.54. The van der Waals surface area contributed by atoms with E-state index >= 15 is 0 Å². The molecule has 2 aromatic carbocycles. The SMILES string of the molecule is O=C(O)c1ccc2nc(-c3cc(Br)c(O)c(Br)c3)[nH]c2c1. The molecule has 3 N–H and O–H groups in total. The van der Waals surface area contributed by atoms with Gasteiger partial charge in [-0.2, -0.15) is 0 Å². The van der Waals surface area contributed by atoms with Crippen molar-refractivity contribution in [1.29, 1.82) is 0 Å². The van der Waals surface area contributed by atoms with Gasteiger partial charge in [0.1, 0.15) is 11.6 Å². The van der Waals surface area contributed by atoms with Gasteiger partial charge in [0.05, 0.1) is 25.5 Å². The van der Waals surface area contributed by atoms with Gasteiger partial charge >= 0.3 is 5.97 Å². The largest absolute Gasteiger partial charge is 0.506 e. The molecule has 0 spiro atoms. The number of aromatic hydroxyl groups is 1. The van der Waals surface area contributed by atoms with Crippen LogP contribution in [0, 0.1) is 0 Å². The Morgan fingerprint density at radius 1 is 1.14 bits per heavy atom. The van der Waals surface area contributed by atoms with Crippen LogP contribution in [0.1, 0.15) is 10.4 Å². The number of hydrogen-bond acceptors (Lipinski definition) is 3. The molecule has 0 aliphatic heterocycles. The minimum atomic E-state index is -0.983. The van der Waals surface area contributed by atoms with Gasteiger partial charge in [0, 0.05) is 5.56 Å². The van der Waals surface area contributed by atoms with Crippen molar-refractivity contribution in [3.8, 4) is 17.1 Å². The molecule has 0 atom stereocenters. The number of rotatable bonds is 2. The number of aromatic carboxylic acids is 1. The number of nitrogens with one attached hydrogen (secondary N) is 1. The molecule has 5 nitrogen and oxygen atoms in total. The van der Waals surface area contributed by atoms with E-state index in [2.05, 4.69) is 41.8 Å². The zero-order valence-electron chi connectivity index (χ0n) is 10.4. The number of nitrogens with zero attached hydrogens (tertiary/aromatic N) is 1. The van der Waals surface area contributed by atoms with Crippen LogP contribution in [0.15, 0.2) is 39.3 Å². The fourth-order valence-electron chi connectivity index (χ4n) is 1.98. The van der Waals surface area contributed by atoms with E-state index in [1.165, 1.54) is 6.07 Å². The summed E-state index contributed by atoms with van der Waals surface area (Å²) in [5, 5.41) is 18.7. The fourth-order valence-corrected chi connectivity index (χ4v) is 3.17. The number of carboxylic acid groups (broad SMARTS) is 1. The first kappa shape index (κ1) is 14.1. The summed E-state index contributed by atoms with van der Waals surface area (Å²) in [5.41, 5.74) is 2.28. The minimum absolute atomic E-state index is 0.114. The normalized spacial score (nSPS) is 11.0. The number of H-pyrrole nitrogens is 1. The van der Waals surface area contributed by atoms with E-state index in [0.717, 1.165) is 5.56 Å². The molecule has 3 aromatic rings. The van der Waals surface area contributed by atoms with Crippen molar-refractivity contribution in [2.75, 3.05) is 0 Å². The van der Waals surface area contributed by atoms with Gasteiger partial charge in [0.25, 0.3) is 0 Å². The lowest BCUT2D eigenvalue weighted by Gasteiger charge is -2.03. The molecule has 0 radical (unpaired) electrons. The molecule has 0 bridgehead atoms. The molecule has 0 saturated carbocycles. The van der Waals surface area contributed by atoms with Crippen LogP contribution in [-0.2, 0) is 0 Å². The van der Waals surface area contributed by atoms with Crippen LogP contribution >= 0.6 is 31.9 Å². The first-order valence-electron chi connectivity index (χ1n) is 5.87. The molecular formula is C14H8Br2N2O3. The van der Waals surface area contributed by atoms with E-state index in [-0.39, 0.29) is 11.3 Å². The number of fused-ring (bicyclic) bond motifs is 1. The van der Waals surface area contributed by atoms with Crippen LogP contribution in [0.3, 0.4) is 0 Å². The first-order valence-corrected chi connectivity index (χ1v) is 7.46. The quantitative estimate of drug-likeness (QED) is 0.590. The Balaban J connectivity index is 2.15. The Morgan fingerprint density at radius 2 is 1.81 bits per heavy atom. The first-order chi connectivity index (χ1) is 9.95. The molecule has 106 valence electrons. The minimum Gasteiger partial charge on any atom is -0.506 e. The van der Waals surface area contributed by atoms with E-state index in [0.29, 0.717) is 25.8 Å². The molecule has 0 aliphatic carbocycles. The van der Waals surface area contributed by atoms with E-state index in [1.54, 1.807) is 24.3 Å². The fraction of sp³-hybridized carbons (Fsp3) is 0. The van der Waals surface area contributed by atoms with Gasteiger partial charge in [-0.3, -0.25) is 0 Å². The maximum absolute atomic E-state index is 11.0. The maximum Gasteiger partial charge on any atom is 0.335 e. The van der Waals surface area contributed by atoms with Crippen molar-refractivity contribution < 1.29 is 15.0 Å². The average Bonchev–Trinajstić information content (AvgIpc) is 2.86. The molecule has 0 amide bonds. The van der Waals surface area contributed by atoms with Gasteiger partial charge in [-0.05, 0) is 62.2 Å². The summed E-state index contributed by atoms with van der Waals surface area (Å²) < 4.78 is 1.08. The summed E-state index contributed by atoms with van der Waals surface area (Å²) >= 11 is 6.54. The number of hydrogen-bond donors (Lipinski definition) is 3. The zero-order chi connectivity index (χ0) is 15.1. The van der Waals surface area contributed by atoms with Crippen molar-refractivity contribution in [2.45, 2.75) is 0 Å². The van der Waals surface area contributed by atoms with Gasteiger partial charge in [-0.1, -0.05) is 0 Å². The Kier molecular flexibility index (Phi) is 3.46. The monoisotopic (exact) mass is 410 g/mol. The number of phenolic OH excluding ortho intramolecular Hbond substituents is 1. The maximum atomic E-state index is 11.0. The highest BCUT2D eigenvalue weighted by Gasteiger charge is 2.12. The summed E-state index contributed by atoms with van der Waals surface area (Å²) in [5.74, 6) is -0.278. The van der Waals surface area contributed by atoms with Crippen LogP contribution in [0.4, 0.5) is 0 Å². The molecular weight excluding hydrogens is 404 g/mol. The number of halogens is 2. The van der Waals surface area contributed by atoms with Gasteiger partial charge in [0.2, 0.25) is 0 Å². The lowest BCUT2D eigenvalue weighted by atomic mass is 10.2. The second kappa shape index (κ2) is 5.16. The Hall–Kier alpha value is -1.86. The van der Waals surface area contributed by atoms with Gasteiger partial charge in [0.15, 0.2) is 0 Å². The molecule has 0 unspecified atom stereocenters. The average molecular weight is 412 g/mol. The highest BCUT2D eigenvalue weighted by Crippen LogP contribution is 2.36. The topological polar surface area (TPSA) is 86.2 Å². The van der Waals surface area contributed by atoms with Crippen molar-refractivity contribution in [3.63, 3.8) is 0 Å². The van der Waals surface area contributed by atoms with Gasteiger partial charge < -0.3 is 15.2 Å². The lowest BCUT2D eigenvalue weighted by molar-refractivity contribution is 0.0697. The van der Waals surface area contributed by atoms with E-state index in [1.807, 2.05) is 0 Å². The molecule has 21 heavy (non-hydrogen) atoms. The van der Waals surface area contributed by atoms with Crippen molar-refractivity contribution in [3.05, 3.63) is 44.8 Å². The lowest BCUT2D eigenvalue weighted by Crippen LogP contribution is -1.94. The number of aromatic amines is 1. The summed E-state index contributed by atoms with van der Waals surface area (Å²) in [6.07, 6.45) is 0. The molecule has 0 fully saturated rings. The van der Waals surface area contributed by atoms with E-state index in [4.69, 9.17) is 5.11 Å². The Bertz CT molecular complexity index is 851. The second-order valence-electron chi connectivity index (χ2n) is 4.41. The van der Waals surface area contributed by atoms with E-state index < -0.39 is 5.97 Å². The van der Waals surface area contributed by atoms with Gasteiger partial charge in [-0.25, -0.2) is 9.78 Å². The Morgan fingerprint density at radius 3 is 2.43 bits per heavy atom. The summed E-state index contributed by atoms with van der Waals surface area (Å²) in [6, 6.07) is 8.17. The molecule has 0 aliphatic rings. The summed E-state index contributed by atoms with van der Waals surface area (Å²) in [6.45, 7) is 0. The van der Waals surface area contributed by atoms with Crippen LogP contribution in [-0.4, -0.2) is 26.2 Å². The number of phenols is 1. The van der Waals surface area contributed by atoms with Crippen LogP contribution < -0.4 is 0 Å². The number of benzene rings is 2. The zero-order valence-corrected chi connectivity index (χ0v) is 13.6. The summed E-state index contributed by atoms with van der Waals surface area (Å²) in [4.78, 5) is 18.5. The highest BCUT2D eigenvalue weighted by molar-refractivity contribution is 9.11.